The van der Waals surface area contributed by atoms with Crippen LogP contribution in [-0.4, -0.2) is 14.8 Å². The number of hydrogen-bond acceptors (Lipinski definition) is 3. The van der Waals surface area contributed by atoms with Crippen LogP contribution < -0.4 is 10.1 Å². The second-order valence-corrected chi connectivity index (χ2v) is 8.55. The molecule has 5 heteroatoms. The Morgan fingerprint density at radius 1 is 0.968 bits per heavy atom. The summed E-state index contributed by atoms with van der Waals surface area (Å²) in [5.41, 5.74) is 12.8. The van der Waals surface area contributed by atoms with Gasteiger partial charge >= 0.3 is 0 Å². The third kappa shape index (κ3) is 2.85. The fourth-order valence-corrected chi connectivity index (χ4v) is 4.60. The summed E-state index contributed by atoms with van der Waals surface area (Å²) in [4.78, 5) is 4.75. The lowest BCUT2D eigenvalue weighted by molar-refractivity contribution is -0.519. The average Bonchev–Trinajstić information content (AvgIpc) is 3.15. The van der Waals surface area contributed by atoms with Crippen LogP contribution in [-0.2, 0) is 5.54 Å². The molecule has 1 aliphatic rings. The van der Waals surface area contributed by atoms with Crippen molar-refractivity contribution < 1.29 is 4.40 Å². The molecule has 0 aliphatic heterocycles. The Morgan fingerprint density at radius 2 is 1.74 bits per heavy atom. The molecule has 0 atom stereocenters. The molecule has 2 aromatic carbocycles. The summed E-state index contributed by atoms with van der Waals surface area (Å²) in [5.74, 6) is 0.931. The van der Waals surface area contributed by atoms with Gasteiger partial charge in [0.15, 0.2) is 0 Å². The standard InChI is InChI=1S/C26H24N5/c1-18-29-31(22-10-8-21(9-11-22)26(27)13-5-14-26)25-23-16-20(19-6-3-2-4-7-19)17-28-24(23)12-15-30(18)25/h2-4,6-12,15-17H,5,13-14,27H2,1H3/q+1. The van der Waals surface area contributed by atoms with Gasteiger partial charge in [-0.15, -0.1) is 0 Å². The molecule has 0 unspecified atom stereocenters. The number of aromatic nitrogens is 4. The SMILES string of the molecule is Cc1nn(-c2ccc(C3(N)CCC3)cc2)c2c3cc(-c4ccccc4)cnc3cc[n+]12. The summed E-state index contributed by atoms with van der Waals surface area (Å²) < 4.78 is 4.14. The molecule has 5 nitrogen and oxygen atoms in total. The van der Waals surface area contributed by atoms with E-state index in [1.807, 2.05) is 36.1 Å². The third-order valence-electron chi connectivity index (χ3n) is 6.60. The highest BCUT2D eigenvalue weighted by Crippen LogP contribution is 2.38. The average molecular weight is 407 g/mol. The van der Waals surface area contributed by atoms with Crippen molar-refractivity contribution in [3.05, 3.63) is 90.5 Å². The zero-order chi connectivity index (χ0) is 21.0. The van der Waals surface area contributed by atoms with Gasteiger partial charge in [0.25, 0.3) is 11.5 Å². The van der Waals surface area contributed by atoms with Crippen molar-refractivity contribution in [1.82, 2.24) is 14.8 Å². The lowest BCUT2D eigenvalue weighted by Gasteiger charge is -2.38. The number of aryl methyl sites for hydroxylation is 1. The highest BCUT2D eigenvalue weighted by molar-refractivity contribution is 5.92. The van der Waals surface area contributed by atoms with E-state index in [1.165, 1.54) is 12.0 Å². The lowest BCUT2D eigenvalue weighted by atomic mass is 9.73. The summed E-state index contributed by atoms with van der Waals surface area (Å²) in [6.45, 7) is 2.03. The van der Waals surface area contributed by atoms with Crippen molar-refractivity contribution >= 4 is 16.6 Å². The lowest BCUT2D eigenvalue weighted by Crippen LogP contribution is -2.43. The molecular weight excluding hydrogens is 382 g/mol. The molecule has 0 bridgehead atoms. The minimum atomic E-state index is -0.156. The van der Waals surface area contributed by atoms with Gasteiger partial charge in [0, 0.05) is 29.3 Å². The number of nitrogens with two attached hydrogens (primary N) is 1. The van der Waals surface area contributed by atoms with Crippen LogP contribution in [0.25, 0.3) is 33.4 Å². The van der Waals surface area contributed by atoms with E-state index in [9.17, 15) is 0 Å². The van der Waals surface area contributed by atoms with E-state index in [0.717, 1.165) is 52.0 Å². The third-order valence-corrected chi connectivity index (χ3v) is 6.60. The Balaban J connectivity index is 1.55. The normalized spacial score (nSPS) is 15.3. The van der Waals surface area contributed by atoms with Crippen molar-refractivity contribution in [3.63, 3.8) is 0 Å². The predicted octanol–water partition coefficient (Wildman–Crippen LogP) is 4.47. The molecule has 31 heavy (non-hydrogen) atoms. The summed E-state index contributed by atoms with van der Waals surface area (Å²) in [6.07, 6.45) is 7.31. The van der Waals surface area contributed by atoms with Crippen LogP contribution in [0.5, 0.6) is 0 Å². The Labute approximate surface area is 180 Å². The highest BCUT2D eigenvalue weighted by atomic mass is 15.4. The van der Waals surface area contributed by atoms with Gasteiger partial charge in [-0.3, -0.25) is 4.98 Å². The molecule has 3 aromatic heterocycles. The van der Waals surface area contributed by atoms with Crippen LogP contribution in [0.1, 0.15) is 30.7 Å². The molecule has 0 amide bonds. The largest absolute Gasteiger partial charge is 0.321 e. The minimum absolute atomic E-state index is 0.156. The van der Waals surface area contributed by atoms with Crippen molar-refractivity contribution in [2.24, 2.45) is 5.73 Å². The van der Waals surface area contributed by atoms with E-state index in [0.29, 0.717) is 0 Å². The van der Waals surface area contributed by atoms with Gasteiger partial charge in [0.05, 0.1) is 17.1 Å². The van der Waals surface area contributed by atoms with Gasteiger partial charge in [0.1, 0.15) is 5.69 Å². The number of rotatable bonds is 3. The van der Waals surface area contributed by atoms with Crippen LogP contribution in [0.2, 0.25) is 0 Å². The van der Waals surface area contributed by atoms with Crippen molar-refractivity contribution in [1.29, 1.82) is 0 Å². The molecule has 0 spiro atoms. The Morgan fingerprint density at radius 3 is 2.45 bits per heavy atom. The molecule has 1 aliphatic carbocycles. The van der Waals surface area contributed by atoms with Crippen molar-refractivity contribution in [2.45, 2.75) is 31.7 Å². The highest BCUT2D eigenvalue weighted by Gasteiger charge is 2.34. The summed E-state index contributed by atoms with van der Waals surface area (Å²) in [6, 6.07) is 23.2. The fraction of sp³-hybridized carbons (Fsp3) is 0.192. The maximum atomic E-state index is 6.52. The first kappa shape index (κ1) is 18.2. The molecule has 0 radical (unpaired) electrons. The number of pyridine rings is 2. The molecule has 2 N–H and O–H groups in total. The maximum absolute atomic E-state index is 6.52. The van der Waals surface area contributed by atoms with Gasteiger partial charge in [-0.25, -0.2) is 4.40 Å². The number of fused-ring (bicyclic) bond motifs is 3. The Bertz CT molecular complexity index is 1410. The van der Waals surface area contributed by atoms with E-state index < -0.39 is 0 Å². The molecule has 1 saturated carbocycles. The second kappa shape index (κ2) is 6.72. The zero-order valence-corrected chi connectivity index (χ0v) is 17.5. The first-order chi connectivity index (χ1) is 15.1. The van der Waals surface area contributed by atoms with Gasteiger partial charge in [0.2, 0.25) is 0 Å². The van der Waals surface area contributed by atoms with Crippen LogP contribution in [0.4, 0.5) is 0 Å². The van der Waals surface area contributed by atoms with Crippen LogP contribution in [0.15, 0.2) is 79.1 Å². The summed E-state index contributed by atoms with van der Waals surface area (Å²) >= 11 is 0. The quantitative estimate of drug-likeness (QED) is 0.450. The molecule has 0 saturated heterocycles. The van der Waals surface area contributed by atoms with Gasteiger partial charge < -0.3 is 5.73 Å². The van der Waals surface area contributed by atoms with Gasteiger partial charge in [-0.05, 0) is 54.7 Å². The topological polar surface area (TPSA) is 60.8 Å². The maximum Gasteiger partial charge on any atom is 0.280 e. The van der Waals surface area contributed by atoms with E-state index in [1.54, 1.807) is 0 Å². The predicted molar refractivity (Wildman–Crippen MR) is 122 cm³/mol. The minimum Gasteiger partial charge on any atom is -0.321 e. The molecule has 6 rings (SSSR count). The van der Waals surface area contributed by atoms with Gasteiger partial charge in [-0.1, -0.05) is 47.1 Å². The number of hydrogen-bond donors (Lipinski definition) is 1. The van der Waals surface area contributed by atoms with Crippen LogP contribution in [0, 0.1) is 6.92 Å². The Kier molecular flexibility index (Phi) is 3.95. The first-order valence-electron chi connectivity index (χ1n) is 10.8. The monoisotopic (exact) mass is 406 g/mol. The smallest absolute Gasteiger partial charge is 0.280 e. The van der Waals surface area contributed by atoms with E-state index >= 15 is 0 Å². The zero-order valence-electron chi connectivity index (χ0n) is 17.5. The summed E-state index contributed by atoms with van der Waals surface area (Å²) in [7, 11) is 0. The van der Waals surface area contributed by atoms with E-state index in [-0.39, 0.29) is 5.54 Å². The van der Waals surface area contributed by atoms with Crippen LogP contribution >= 0.6 is 0 Å². The molecule has 152 valence electrons. The second-order valence-electron chi connectivity index (χ2n) is 8.55. The summed E-state index contributed by atoms with van der Waals surface area (Å²) in [5, 5.41) is 5.93. The van der Waals surface area contributed by atoms with Crippen LogP contribution in [0.3, 0.4) is 0 Å². The number of nitrogens with zero attached hydrogens (tertiary/aromatic N) is 4. The number of benzene rings is 2. The fourth-order valence-electron chi connectivity index (χ4n) is 4.60. The molecule has 5 aromatic rings. The van der Waals surface area contributed by atoms with Gasteiger partial charge in [-0.2, -0.15) is 0 Å². The molecule has 1 fully saturated rings. The first-order valence-corrected chi connectivity index (χ1v) is 10.8. The molecule has 3 heterocycles. The van der Waals surface area contributed by atoms with Crippen molar-refractivity contribution in [2.75, 3.05) is 0 Å². The van der Waals surface area contributed by atoms with Crippen molar-refractivity contribution in [3.8, 4) is 16.8 Å². The van der Waals surface area contributed by atoms with E-state index in [2.05, 4.69) is 59.0 Å². The van der Waals surface area contributed by atoms with E-state index in [4.69, 9.17) is 15.8 Å². The molecular formula is C26H24N5+. The Hall–Kier alpha value is -3.57.